The van der Waals surface area contributed by atoms with Crippen LogP contribution in [-0.2, 0) is 17.9 Å². The molecule has 0 aliphatic carbocycles. The number of amides is 1. The number of ether oxygens (including phenoxy) is 2. The molecule has 0 unspecified atom stereocenters. The molecule has 0 radical (unpaired) electrons. The van der Waals surface area contributed by atoms with Gasteiger partial charge in [0, 0.05) is 6.54 Å². The number of carbonyl (C=O) groups is 2. The summed E-state index contributed by atoms with van der Waals surface area (Å²) < 4.78 is 12.3. The van der Waals surface area contributed by atoms with Crippen LogP contribution in [0.15, 0.2) is 24.4 Å². The molecule has 0 spiro atoms. The summed E-state index contributed by atoms with van der Waals surface area (Å²) in [6.45, 7) is 5.05. The Hall–Kier alpha value is -3.10. The summed E-state index contributed by atoms with van der Waals surface area (Å²) in [6, 6.07) is 5.48. The van der Waals surface area contributed by atoms with Crippen molar-refractivity contribution in [3.05, 3.63) is 35.7 Å². The number of methoxy groups -OCH3 is 1. The van der Waals surface area contributed by atoms with E-state index >= 15 is 0 Å². The zero-order valence-electron chi connectivity index (χ0n) is 15.6. The van der Waals surface area contributed by atoms with E-state index < -0.39 is 5.97 Å². The van der Waals surface area contributed by atoms with Crippen molar-refractivity contribution in [2.45, 2.75) is 33.4 Å². The number of aromatic carboxylic acids is 1. The van der Waals surface area contributed by atoms with E-state index in [-0.39, 0.29) is 18.1 Å². The summed E-state index contributed by atoms with van der Waals surface area (Å²) in [7, 11) is 1.57. The van der Waals surface area contributed by atoms with Crippen molar-refractivity contribution in [1.82, 2.24) is 20.3 Å². The number of carboxylic acid groups (broad SMARTS) is 1. The van der Waals surface area contributed by atoms with E-state index in [0.29, 0.717) is 30.6 Å². The molecule has 2 rings (SSSR count). The smallest absolute Gasteiger partial charge is 0.358 e. The Bertz CT molecular complexity index is 788. The van der Waals surface area contributed by atoms with Crippen LogP contribution >= 0.6 is 0 Å². The number of nitrogens with zero attached hydrogens (tertiary/aromatic N) is 3. The monoisotopic (exact) mass is 376 g/mol. The predicted molar refractivity (Wildman–Crippen MR) is 96.8 cm³/mol. The maximum absolute atomic E-state index is 12.0. The van der Waals surface area contributed by atoms with E-state index in [4.69, 9.17) is 14.6 Å². The lowest BCUT2D eigenvalue weighted by Gasteiger charge is -2.13. The van der Waals surface area contributed by atoms with Crippen molar-refractivity contribution in [2.24, 2.45) is 5.92 Å². The molecule has 0 atom stereocenters. The number of nitrogens with one attached hydrogen (secondary N) is 1. The van der Waals surface area contributed by atoms with Crippen molar-refractivity contribution >= 4 is 11.9 Å². The van der Waals surface area contributed by atoms with Gasteiger partial charge in [-0.05, 0) is 30.0 Å². The molecule has 146 valence electrons. The fourth-order valence-corrected chi connectivity index (χ4v) is 2.22. The molecule has 1 aromatic heterocycles. The van der Waals surface area contributed by atoms with Crippen molar-refractivity contribution in [3.63, 3.8) is 0 Å². The number of aromatic nitrogens is 3. The molecule has 1 heterocycles. The van der Waals surface area contributed by atoms with Crippen LogP contribution in [0.5, 0.6) is 11.5 Å². The Morgan fingerprint density at radius 2 is 2.07 bits per heavy atom. The van der Waals surface area contributed by atoms with Gasteiger partial charge >= 0.3 is 5.97 Å². The van der Waals surface area contributed by atoms with Crippen molar-refractivity contribution in [3.8, 4) is 11.5 Å². The highest BCUT2D eigenvalue weighted by Crippen LogP contribution is 2.28. The highest BCUT2D eigenvalue weighted by atomic mass is 16.5. The summed E-state index contributed by atoms with van der Waals surface area (Å²) >= 11 is 0. The minimum atomic E-state index is -1.19. The highest BCUT2D eigenvalue weighted by molar-refractivity contribution is 5.84. The molecule has 0 fully saturated rings. The molecule has 0 saturated heterocycles. The first kappa shape index (κ1) is 20.2. The number of carbonyl (C=O) groups excluding carboxylic acids is 1. The van der Waals surface area contributed by atoms with Crippen molar-refractivity contribution in [1.29, 1.82) is 0 Å². The number of hydrogen-bond acceptors (Lipinski definition) is 6. The van der Waals surface area contributed by atoms with Crippen LogP contribution in [0.25, 0.3) is 0 Å². The maximum atomic E-state index is 12.0. The maximum Gasteiger partial charge on any atom is 0.358 e. The standard InChI is InChI=1S/C18H24N4O5/c1-12(2)6-7-27-15-5-4-13(8-16(15)26-3)9-19-17(23)11-22-10-14(18(24)25)20-21-22/h4-5,8,10,12H,6-7,9,11H2,1-3H3,(H,19,23)(H,24,25). The Labute approximate surface area is 157 Å². The van der Waals surface area contributed by atoms with E-state index in [1.54, 1.807) is 7.11 Å². The third-order valence-corrected chi connectivity index (χ3v) is 3.73. The van der Waals surface area contributed by atoms with Gasteiger partial charge < -0.3 is 19.9 Å². The number of rotatable bonds is 10. The van der Waals surface area contributed by atoms with Crippen LogP contribution in [-0.4, -0.2) is 45.7 Å². The minimum absolute atomic E-state index is 0.117. The van der Waals surface area contributed by atoms with E-state index in [1.165, 1.54) is 10.9 Å². The van der Waals surface area contributed by atoms with Crippen LogP contribution in [0.1, 0.15) is 36.3 Å². The molecule has 0 aliphatic heterocycles. The predicted octanol–water partition coefficient (Wildman–Crippen LogP) is 1.73. The molecule has 2 N–H and O–H groups in total. The summed E-state index contributed by atoms with van der Waals surface area (Å²) in [5.41, 5.74) is 0.641. The van der Waals surface area contributed by atoms with E-state index in [2.05, 4.69) is 29.5 Å². The Morgan fingerprint density at radius 1 is 1.30 bits per heavy atom. The lowest BCUT2D eigenvalue weighted by Crippen LogP contribution is -2.27. The van der Waals surface area contributed by atoms with Gasteiger partial charge in [0.25, 0.3) is 0 Å². The summed E-state index contributed by atoms with van der Waals surface area (Å²) in [5.74, 6) is 0.324. The first-order valence-electron chi connectivity index (χ1n) is 8.59. The normalized spacial score (nSPS) is 10.7. The van der Waals surface area contributed by atoms with Crippen molar-refractivity contribution < 1.29 is 24.2 Å². The van der Waals surface area contributed by atoms with Crippen LogP contribution in [0.3, 0.4) is 0 Å². The van der Waals surface area contributed by atoms with Crippen LogP contribution in [0.2, 0.25) is 0 Å². The van der Waals surface area contributed by atoms with Crippen LogP contribution in [0, 0.1) is 5.92 Å². The number of hydrogen-bond donors (Lipinski definition) is 2. The average Bonchev–Trinajstić information content (AvgIpc) is 3.09. The van der Waals surface area contributed by atoms with Gasteiger partial charge in [0.1, 0.15) is 6.54 Å². The minimum Gasteiger partial charge on any atom is -0.493 e. The molecule has 2 aromatic rings. The fourth-order valence-electron chi connectivity index (χ4n) is 2.22. The Morgan fingerprint density at radius 3 is 2.70 bits per heavy atom. The van der Waals surface area contributed by atoms with Gasteiger partial charge in [0.15, 0.2) is 17.2 Å². The van der Waals surface area contributed by atoms with E-state index in [0.717, 1.165) is 12.0 Å². The second kappa shape index (κ2) is 9.56. The summed E-state index contributed by atoms with van der Waals surface area (Å²) in [4.78, 5) is 22.7. The third-order valence-electron chi connectivity index (χ3n) is 3.73. The summed E-state index contributed by atoms with van der Waals surface area (Å²) in [6.07, 6.45) is 2.15. The molecule has 0 saturated carbocycles. The molecule has 1 amide bonds. The number of benzene rings is 1. The quantitative estimate of drug-likeness (QED) is 0.649. The largest absolute Gasteiger partial charge is 0.493 e. The third kappa shape index (κ3) is 6.28. The van der Waals surface area contributed by atoms with Gasteiger partial charge in [0.2, 0.25) is 5.91 Å². The van der Waals surface area contributed by atoms with Gasteiger partial charge in [-0.3, -0.25) is 4.79 Å². The molecule has 27 heavy (non-hydrogen) atoms. The molecule has 9 heteroatoms. The first-order valence-corrected chi connectivity index (χ1v) is 8.59. The SMILES string of the molecule is COc1cc(CNC(=O)Cn2cc(C(=O)O)nn2)ccc1OCCC(C)C. The van der Waals surface area contributed by atoms with Gasteiger partial charge in [-0.1, -0.05) is 25.1 Å². The topological polar surface area (TPSA) is 116 Å². The molecular weight excluding hydrogens is 352 g/mol. The molecule has 0 aliphatic rings. The first-order chi connectivity index (χ1) is 12.9. The van der Waals surface area contributed by atoms with Crippen molar-refractivity contribution in [2.75, 3.05) is 13.7 Å². The van der Waals surface area contributed by atoms with Crippen LogP contribution in [0.4, 0.5) is 0 Å². The molecule has 9 nitrogen and oxygen atoms in total. The van der Waals surface area contributed by atoms with Gasteiger partial charge in [-0.25, -0.2) is 9.48 Å². The summed E-state index contributed by atoms with van der Waals surface area (Å²) in [5, 5.41) is 18.6. The average molecular weight is 376 g/mol. The van der Waals surface area contributed by atoms with Gasteiger partial charge in [-0.15, -0.1) is 5.10 Å². The highest BCUT2D eigenvalue weighted by Gasteiger charge is 2.11. The fraction of sp³-hybridized carbons (Fsp3) is 0.444. The van der Waals surface area contributed by atoms with Gasteiger partial charge in [-0.2, -0.15) is 0 Å². The Kier molecular flexibility index (Phi) is 7.16. The zero-order chi connectivity index (χ0) is 19.8. The lowest BCUT2D eigenvalue weighted by molar-refractivity contribution is -0.122. The van der Waals surface area contributed by atoms with Gasteiger partial charge in [0.05, 0.1) is 19.9 Å². The second-order valence-corrected chi connectivity index (χ2v) is 6.40. The van der Waals surface area contributed by atoms with E-state index in [1.807, 2.05) is 18.2 Å². The Balaban J connectivity index is 1.88. The lowest BCUT2D eigenvalue weighted by atomic mass is 10.1. The molecule has 0 bridgehead atoms. The number of carboxylic acids is 1. The van der Waals surface area contributed by atoms with E-state index in [9.17, 15) is 9.59 Å². The second-order valence-electron chi connectivity index (χ2n) is 6.40. The molecular formula is C18H24N4O5. The zero-order valence-corrected chi connectivity index (χ0v) is 15.6. The van der Waals surface area contributed by atoms with Crippen LogP contribution < -0.4 is 14.8 Å². The molecule has 1 aromatic carbocycles.